The number of hydrogen-bond acceptors (Lipinski definition) is 3. The molecule has 0 spiro atoms. The van der Waals surface area contributed by atoms with Gasteiger partial charge in [-0.1, -0.05) is 12.1 Å². The van der Waals surface area contributed by atoms with Crippen LogP contribution in [0.25, 0.3) is 0 Å². The minimum atomic E-state index is -2.63. The van der Waals surface area contributed by atoms with E-state index in [9.17, 15) is 13.9 Å². The molecule has 4 nitrogen and oxygen atoms in total. The van der Waals surface area contributed by atoms with Gasteiger partial charge in [-0.15, -0.1) is 0 Å². The second-order valence-corrected chi connectivity index (χ2v) is 4.07. The van der Waals surface area contributed by atoms with E-state index in [-0.39, 0.29) is 12.4 Å². The van der Waals surface area contributed by atoms with Crippen LogP contribution in [0, 0.1) is 0 Å². The third-order valence-electron chi connectivity index (χ3n) is 2.67. The summed E-state index contributed by atoms with van der Waals surface area (Å²) < 4.78 is 31.3. The summed E-state index contributed by atoms with van der Waals surface area (Å²) in [4.78, 5) is 3.82. The molecule has 0 radical (unpaired) electrons. The molecule has 0 saturated heterocycles. The maximum atomic E-state index is 12.6. The molecule has 6 heteroatoms. The Morgan fingerprint density at radius 1 is 1.42 bits per heavy atom. The van der Waals surface area contributed by atoms with Crippen molar-refractivity contribution in [1.29, 1.82) is 0 Å². The largest absolute Gasteiger partial charge is 0.486 e. The van der Waals surface area contributed by atoms with E-state index in [1.54, 1.807) is 31.2 Å². The van der Waals surface area contributed by atoms with Gasteiger partial charge in [0.05, 0.1) is 6.10 Å². The summed E-state index contributed by atoms with van der Waals surface area (Å²) in [5.74, 6) is 0.652. The zero-order valence-electron chi connectivity index (χ0n) is 10.3. The van der Waals surface area contributed by atoms with Crippen molar-refractivity contribution in [2.75, 3.05) is 0 Å². The zero-order chi connectivity index (χ0) is 13.8. The summed E-state index contributed by atoms with van der Waals surface area (Å²) in [6.07, 6.45) is 1.90. The van der Waals surface area contributed by atoms with Crippen LogP contribution >= 0.6 is 0 Å². The summed E-state index contributed by atoms with van der Waals surface area (Å²) in [5.41, 5.74) is 0.703. The molecular formula is C13H14F2N2O2. The fraction of sp³-hybridized carbons (Fsp3) is 0.308. The first-order chi connectivity index (χ1) is 9.08. The molecule has 1 aromatic heterocycles. The molecule has 102 valence electrons. The van der Waals surface area contributed by atoms with E-state index >= 15 is 0 Å². The van der Waals surface area contributed by atoms with Gasteiger partial charge in [-0.25, -0.2) is 4.98 Å². The standard InChI is InChI=1S/C13H14F2N2O2/c1-9(18)10-3-2-4-11(7-10)19-8-12-16-5-6-17(12)13(14)15/h2-7,9,13,18H,8H2,1H3/t9-/m1/s1. The number of halogens is 2. The Bertz CT molecular complexity index is 541. The number of aromatic nitrogens is 2. The number of alkyl halides is 2. The second-order valence-electron chi connectivity index (χ2n) is 4.07. The van der Waals surface area contributed by atoms with E-state index < -0.39 is 12.7 Å². The van der Waals surface area contributed by atoms with E-state index in [0.29, 0.717) is 11.3 Å². The van der Waals surface area contributed by atoms with Crippen molar-refractivity contribution in [1.82, 2.24) is 9.55 Å². The molecule has 2 aromatic rings. The lowest BCUT2D eigenvalue weighted by atomic mass is 10.1. The quantitative estimate of drug-likeness (QED) is 0.907. The summed E-state index contributed by atoms with van der Waals surface area (Å²) in [5, 5.41) is 9.45. The van der Waals surface area contributed by atoms with Crippen LogP contribution in [0.15, 0.2) is 36.7 Å². The normalized spacial score (nSPS) is 12.7. The number of aliphatic hydroxyl groups is 1. The molecule has 1 aromatic carbocycles. The molecule has 2 rings (SSSR count). The van der Waals surface area contributed by atoms with Crippen molar-refractivity contribution in [2.24, 2.45) is 0 Å². The molecule has 0 unspecified atom stereocenters. The molecule has 0 fully saturated rings. The number of rotatable bonds is 5. The highest BCUT2D eigenvalue weighted by atomic mass is 19.3. The Labute approximate surface area is 109 Å². The van der Waals surface area contributed by atoms with E-state index in [0.717, 1.165) is 4.57 Å². The summed E-state index contributed by atoms with van der Waals surface area (Å²) in [6, 6.07) is 6.86. The number of aliphatic hydroxyl groups excluding tert-OH is 1. The second kappa shape index (κ2) is 5.79. The highest BCUT2D eigenvalue weighted by Gasteiger charge is 2.11. The Hall–Kier alpha value is -1.95. The van der Waals surface area contributed by atoms with Crippen LogP contribution in [-0.2, 0) is 6.61 Å². The molecule has 0 aliphatic carbocycles. The third-order valence-corrected chi connectivity index (χ3v) is 2.67. The van der Waals surface area contributed by atoms with Crippen LogP contribution < -0.4 is 4.74 Å². The zero-order valence-corrected chi connectivity index (χ0v) is 10.3. The van der Waals surface area contributed by atoms with Gasteiger partial charge in [0.15, 0.2) is 5.82 Å². The Balaban J connectivity index is 2.06. The van der Waals surface area contributed by atoms with E-state index in [4.69, 9.17) is 4.74 Å². The van der Waals surface area contributed by atoms with Crippen LogP contribution in [-0.4, -0.2) is 14.7 Å². The summed E-state index contributed by atoms with van der Waals surface area (Å²) in [7, 11) is 0. The average Bonchev–Trinajstić information content (AvgIpc) is 2.85. The van der Waals surface area contributed by atoms with Gasteiger partial charge in [0.1, 0.15) is 12.4 Å². The van der Waals surface area contributed by atoms with Gasteiger partial charge >= 0.3 is 6.55 Å². The molecule has 0 aliphatic rings. The number of hydrogen-bond donors (Lipinski definition) is 1. The highest BCUT2D eigenvalue weighted by Crippen LogP contribution is 2.20. The van der Waals surface area contributed by atoms with Gasteiger partial charge in [-0.2, -0.15) is 8.78 Å². The minimum Gasteiger partial charge on any atom is -0.486 e. The maximum absolute atomic E-state index is 12.6. The number of nitrogens with zero attached hydrogens (tertiary/aromatic N) is 2. The number of imidazole rings is 1. The molecule has 0 bridgehead atoms. The van der Waals surface area contributed by atoms with Crippen LogP contribution in [0.5, 0.6) is 5.75 Å². The summed E-state index contributed by atoms with van der Waals surface area (Å²) in [6.45, 7) is -1.05. The molecular weight excluding hydrogens is 254 g/mol. The summed E-state index contributed by atoms with van der Waals surface area (Å²) >= 11 is 0. The van der Waals surface area contributed by atoms with Crippen LogP contribution in [0.1, 0.15) is 31.0 Å². The Morgan fingerprint density at radius 3 is 2.89 bits per heavy atom. The van der Waals surface area contributed by atoms with Crippen molar-refractivity contribution < 1.29 is 18.6 Å². The predicted molar refractivity (Wildman–Crippen MR) is 64.9 cm³/mol. The number of benzene rings is 1. The molecule has 0 amide bonds. The molecule has 1 N–H and O–H groups in total. The SMILES string of the molecule is C[C@@H](O)c1cccc(OCc2nccn2C(F)F)c1. The molecule has 19 heavy (non-hydrogen) atoms. The molecule has 0 aliphatic heterocycles. The van der Waals surface area contributed by atoms with Crippen molar-refractivity contribution in [3.05, 3.63) is 48.0 Å². The van der Waals surface area contributed by atoms with E-state index in [2.05, 4.69) is 4.98 Å². The first kappa shape index (κ1) is 13.5. The van der Waals surface area contributed by atoms with Crippen LogP contribution in [0.4, 0.5) is 8.78 Å². The van der Waals surface area contributed by atoms with Gasteiger partial charge in [-0.3, -0.25) is 4.57 Å². The van der Waals surface area contributed by atoms with Gasteiger partial charge in [0.25, 0.3) is 0 Å². The van der Waals surface area contributed by atoms with Crippen LogP contribution in [0.2, 0.25) is 0 Å². The smallest absolute Gasteiger partial charge is 0.320 e. The lowest BCUT2D eigenvalue weighted by Gasteiger charge is -2.10. The topological polar surface area (TPSA) is 47.3 Å². The van der Waals surface area contributed by atoms with Crippen molar-refractivity contribution in [3.8, 4) is 5.75 Å². The highest BCUT2D eigenvalue weighted by molar-refractivity contribution is 5.29. The molecule has 1 heterocycles. The molecule has 0 saturated carbocycles. The lowest BCUT2D eigenvalue weighted by Crippen LogP contribution is -2.07. The van der Waals surface area contributed by atoms with Gasteiger partial charge in [-0.05, 0) is 24.6 Å². The van der Waals surface area contributed by atoms with Crippen molar-refractivity contribution in [2.45, 2.75) is 26.2 Å². The fourth-order valence-electron chi connectivity index (χ4n) is 1.65. The number of ether oxygens (including phenoxy) is 1. The van der Waals surface area contributed by atoms with Gasteiger partial charge < -0.3 is 9.84 Å². The van der Waals surface area contributed by atoms with E-state index in [1.807, 2.05) is 0 Å². The first-order valence-corrected chi connectivity index (χ1v) is 5.78. The van der Waals surface area contributed by atoms with Crippen molar-refractivity contribution >= 4 is 0 Å². The van der Waals surface area contributed by atoms with E-state index in [1.165, 1.54) is 12.4 Å². The first-order valence-electron chi connectivity index (χ1n) is 5.78. The van der Waals surface area contributed by atoms with Gasteiger partial charge in [0, 0.05) is 12.4 Å². The third kappa shape index (κ3) is 3.29. The lowest BCUT2D eigenvalue weighted by molar-refractivity contribution is 0.0632. The van der Waals surface area contributed by atoms with Crippen molar-refractivity contribution in [3.63, 3.8) is 0 Å². The maximum Gasteiger partial charge on any atom is 0.320 e. The average molecular weight is 268 g/mol. The fourth-order valence-corrected chi connectivity index (χ4v) is 1.65. The predicted octanol–water partition coefficient (Wildman–Crippen LogP) is 2.91. The van der Waals surface area contributed by atoms with Gasteiger partial charge in [0.2, 0.25) is 0 Å². The monoisotopic (exact) mass is 268 g/mol. The Kier molecular flexibility index (Phi) is 4.11. The minimum absolute atomic E-state index is 0.0550. The molecule has 1 atom stereocenters. The Morgan fingerprint density at radius 2 is 2.21 bits per heavy atom. The van der Waals surface area contributed by atoms with Crippen LogP contribution in [0.3, 0.4) is 0 Å².